The molecule has 3 N–H and O–H groups in total. The van der Waals surface area contributed by atoms with Gasteiger partial charge in [-0.2, -0.15) is 0 Å². The third-order valence-electron chi connectivity index (χ3n) is 11.9. The van der Waals surface area contributed by atoms with Crippen LogP contribution in [-0.4, -0.2) is 46.9 Å². The molecule has 0 aromatic carbocycles. The maximum atomic E-state index is 13.2. The van der Waals surface area contributed by atoms with Crippen molar-refractivity contribution in [3.05, 3.63) is 60.8 Å². The van der Waals surface area contributed by atoms with Gasteiger partial charge in [-0.05, 0) is 70.6 Å². The number of hydrogen-bond donors (Lipinski definition) is 3. The molecule has 3 unspecified atom stereocenters. The predicted octanol–water partition coefficient (Wildman–Crippen LogP) is 16.0. The number of unbranched alkanes of at least 4 members (excludes halogenated alkanes) is 28. The Morgan fingerprint density at radius 1 is 0.484 bits per heavy atom. The van der Waals surface area contributed by atoms with Gasteiger partial charge in [0.15, 0.2) is 0 Å². The van der Waals surface area contributed by atoms with E-state index in [1.807, 2.05) is 24.3 Å². The van der Waals surface area contributed by atoms with E-state index in [0.29, 0.717) is 19.3 Å². The molecule has 0 fully saturated rings. The molecule has 62 heavy (non-hydrogen) atoms. The van der Waals surface area contributed by atoms with Gasteiger partial charge in [0.25, 0.3) is 0 Å². The van der Waals surface area contributed by atoms with Gasteiger partial charge in [-0.25, -0.2) is 0 Å². The summed E-state index contributed by atoms with van der Waals surface area (Å²) in [6, 6.07) is -0.716. The lowest BCUT2D eigenvalue weighted by molar-refractivity contribution is -0.151. The van der Waals surface area contributed by atoms with Gasteiger partial charge in [-0.15, -0.1) is 0 Å². The lowest BCUT2D eigenvalue weighted by atomic mass is 10.0. The zero-order chi connectivity index (χ0) is 45.2. The monoisotopic (exact) mass is 868 g/mol. The fourth-order valence-electron chi connectivity index (χ4n) is 7.91. The molecule has 6 heteroatoms. The van der Waals surface area contributed by atoms with Crippen molar-refractivity contribution in [2.45, 2.75) is 277 Å². The summed E-state index contributed by atoms with van der Waals surface area (Å²) in [6.07, 6.45) is 61.4. The molecule has 0 bridgehead atoms. The van der Waals surface area contributed by atoms with Crippen molar-refractivity contribution in [1.82, 2.24) is 5.32 Å². The highest BCUT2D eigenvalue weighted by atomic mass is 16.5. The Balaban J connectivity index is 4.60. The Kier molecular flexibility index (Phi) is 47.6. The number of aliphatic hydroxyl groups excluding tert-OH is 2. The first-order valence-electron chi connectivity index (χ1n) is 26.6. The van der Waals surface area contributed by atoms with Gasteiger partial charge in [0.05, 0.1) is 25.2 Å². The maximum absolute atomic E-state index is 13.2. The number of aliphatic hydroxyl groups is 2. The van der Waals surface area contributed by atoms with Crippen LogP contribution in [0.5, 0.6) is 0 Å². The first-order valence-corrected chi connectivity index (χ1v) is 26.6. The van der Waals surface area contributed by atoms with Crippen LogP contribution in [0.4, 0.5) is 0 Å². The normalized spacial score (nSPS) is 13.7. The van der Waals surface area contributed by atoms with Crippen molar-refractivity contribution in [3.63, 3.8) is 0 Å². The van der Waals surface area contributed by atoms with Crippen LogP contribution in [0.2, 0.25) is 0 Å². The highest BCUT2D eigenvalue weighted by Gasteiger charge is 2.24. The van der Waals surface area contributed by atoms with Gasteiger partial charge >= 0.3 is 5.97 Å². The second-order valence-corrected chi connectivity index (χ2v) is 18.0. The molecule has 0 heterocycles. The van der Waals surface area contributed by atoms with E-state index in [1.165, 1.54) is 141 Å². The molecule has 0 spiro atoms. The molecule has 0 aromatic heterocycles. The van der Waals surface area contributed by atoms with Gasteiger partial charge in [0.2, 0.25) is 5.91 Å². The van der Waals surface area contributed by atoms with Gasteiger partial charge in [-0.3, -0.25) is 9.59 Å². The van der Waals surface area contributed by atoms with Crippen LogP contribution in [0.25, 0.3) is 0 Å². The van der Waals surface area contributed by atoms with Gasteiger partial charge in [-0.1, -0.05) is 236 Å². The molecule has 0 aliphatic heterocycles. The van der Waals surface area contributed by atoms with E-state index in [-0.39, 0.29) is 24.9 Å². The summed E-state index contributed by atoms with van der Waals surface area (Å²) in [7, 11) is 0. The molecule has 360 valence electrons. The third-order valence-corrected chi connectivity index (χ3v) is 11.9. The second-order valence-electron chi connectivity index (χ2n) is 18.0. The zero-order valence-corrected chi connectivity index (χ0v) is 41.0. The average molecular weight is 868 g/mol. The van der Waals surface area contributed by atoms with Crippen LogP contribution in [0.3, 0.4) is 0 Å². The standard InChI is InChI=1S/C56H101NO5/c1-4-7-10-13-16-19-22-25-26-27-28-31-34-37-40-43-46-49-56(61)62-52(47-44-41-38-35-32-29-23-20-17-14-11-8-5-2)50-55(60)57-53(51-58)54(59)48-45-42-39-36-33-30-24-21-18-15-12-9-6-3/h8,11,14,17,20,23,25-26,29,32,52-54,58-59H,4-7,9-10,12-13,15-16,18-19,21-22,24,27-28,30-31,33-51H2,1-3H3,(H,57,60)/b11-8+,17-14+,23-20+,26-25+,32-29-. The summed E-state index contributed by atoms with van der Waals surface area (Å²) >= 11 is 0. The molecule has 0 rings (SSSR count). The Labute approximate surface area is 384 Å². The van der Waals surface area contributed by atoms with Crippen molar-refractivity contribution in [2.24, 2.45) is 0 Å². The number of ether oxygens (including phenoxy) is 1. The fourth-order valence-corrected chi connectivity index (χ4v) is 7.91. The van der Waals surface area contributed by atoms with Crippen molar-refractivity contribution >= 4 is 11.9 Å². The molecular formula is C56H101NO5. The fraction of sp³-hybridized carbons (Fsp3) is 0.786. The molecule has 0 aliphatic rings. The van der Waals surface area contributed by atoms with E-state index in [2.05, 4.69) is 62.5 Å². The van der Waals surface area contributed by atoms with Crippen LogP contribution in [0, 0.1) is 0 Å². The van der Waals surface area contributed by atoms with Gasteiger partial charge < -0.3 is 20.3 Å². The largest absolute Gasteiger partial charge is 0.462 e. The first kappa shape index (κ1) is 59.6. The minimum atomic E-state index is -0.800. The molecule has 3 atom stereocenters. The Morgan fingerprint density at radius 3 is 1.39 bits per heavy atom. The molecular weight excluding hydrogens is 767 g/mol. The smallest absolute Gasteiger partial charge is 0.306 e. The number of carbonyl (C=O) groups excluding carboxylic acids is 2. The molecule has 0 radical (unpaired) electrons. The quantitative estimate of drug-likeness (QED) is 0.0245. The molecule has 6 nitrogen and oxygen atoms in total. The molecule has 0 saturated heterocycles. The highest BCUT2D eigenvalue weighted by Crippen LogP contribution is 2.18. The Bertz CT molecular complexity index is 1110. The van der Waals surface area contributed by atoms with E-state index < -0.39 is 18.2 Å². The number of amides is 1. The van der Waals surface area contributed by atoms with Crippen LogP contribution >= 0.6 is 0 Å². The zero-order valence-electron chi connectivity index (χ0n) is 41.0. The lowest BCUT2D eigenvalue weighted by Crippen LogP contribution is -2.46. The number of nitrogens with one attached hydrogen (secondary N) is 1. The summed E-state index contributed by atoms with van der Waals surface area (Å²) in [6.45, 7) is 6.34. The molecule has 1 amide bonds. The summed E-state index contributed by atoms with van der Waals surface area (Å²) in [5, 5.41) is 23.8. The summed E-state index contributed by atoms with van der Waals surface area (Å²) < 4.78 is 5.92. The number of rotatable bonds is 47. The van der Waals surface area contributed by atoms with Crippen molar-refractivity contribution in [3.8, 4) is 0 Å². The SMILES string of the molecule is CC/C=C/C=C/C=C/C=C\CCCCCC(CC(=O)NC(CO)C(O)CCCCCCCCCCCCCCC)OC(=O)CCCCCCCCC/C=C/CCCCCCCC. The van der Waals surface area contributed by atoms with Crippen LogP contribution in [0.1, 0.15) is 258 Å². The predicted molar refractivity (Wildman–Crippen MR) is 268 cm³/mol. The number of allylic oxidation sites excluding steroid dienone is 10. The molecule has 0 aliphatic carbocycles. The van der Waals surface area contributed by atoms with Crippen molar-refractivity contribution in [2.75, 3.05) is 6.61 Å². The maximum Gasteiger partial charge on any atom is 0.306 e. The van der Waals surface area contributed by atoms with Crippen molar-refractivity contribution in [1.29, 1.82) is 0 Å². The number of carbonyl (C=O) groups is 2. The first-order chi connectivity index (χ1) is 30.5. The van der Waals surface area contributed by atoms with E-state index in [9.17, 15) is 19.8 Å². The topological polar surface area (TPSA) is 95.9 Å². The average Bonchev–Trinajstić information content (AvgIpc) is 3.26. The summed E-state index contributed by atoms with van der Waals surface area (Å²) in [5.41, 5.74) is 0. The van der Waals surface area contributed by atoms with Crippen LogP contribution < -0.4 is 5.32 Å². The number of esters is 1. The number of hydrogen-bond acceptors (Lipinski definition) is 5. The van der Waals surface area contributed by atoms with Gasteiger partial charge in [0, 0.05) is 6.42 Å². The second kappa shape index (κ2) is 49.6. The Hall–Kier alpha value is -2.44. The molecule has 0 saturated carbocycles. The summed E-state index contributed by atoms with van der Waals surface area (Å²) in [4.78, 5) is 26.2. The van der Waals surface area contributed by atoms with E-state index >= 15 is 0 Å². The Morgan fingerprint density at radius 2 is 0.887 bits per heavy atom. The lowest BCUT2D eigenvalue weighted by Gasteiger charge is -2.24. The van der Waals surface area contributed by atoms with Crippen LogP contribution in [0.15, 0.2) is 60.8 Å². The minimum Gasteiger partial charge on any atom is -0.462 e. The van der Waals surface area contributed by atoms with Crippen LogP contribution in [-0.2, 0) is 14.3 Å². The minimum absolute atomic E-state index is 0.0492. The van der Waals surface area contributed by atoms with Gasteiger partial charge in [0.1, 0.15) is 6.10 Å². The van der Waals surface area contributed by atoms with Crippen molar-refractivity contribution < 1.29 is 24.5 Å². The third kappa shape index (κ3) is 44.2. The van der Waals surface area contributed by atoms with E-state index in [4.69, 9.17) is 4.74 Å². The summed E-state index contributed by atoms with van der Waals surface area (Å²) in [5.74, 6) is -0.515. The highest BCUT2D eigenvalue weighted by molar-refractivity contribution is 5.77. The molecule has 0 aromatic rings. The van der Waals surface area contributed by atoms with E-state index in [1.54, 1.807) is 0 Å². The van der Waals surface area contributed by atoms with E-state index in [0.717, 1.165) is 70.6 Å².